The molecule has 34 heavy (non-hydrogen) atoms. The van der Waals surface area contributed by atoms with Gasteiger partial charge in [-0.25, -0.2) is 0 Å². The van der Waals surface area contributed by atoms with Crippen molar-refractivity contribution in [3.05, 3.63) is 0 Å². The molecule has 2 N–H and O–H groups in total. The lowest BCUT2D eigenvalue weighted by Gasteiger charge is -2.10. The van der Waals surface area contributed by atoms with Crippen LogP contribution in [0.2, 0.25) is 0 Å². The molecule has 0 aliphatic heterocycles. The molecule has 0 saturated heterocycles. The van der Waals surface area contributed by atoms with Gasteiger partial charge in [-0.2, -0.15) is 0 Å². The normalized spacial score (nSPS) is 11.9. The number of hydrogen-bond donors (Lipinski definition) is 2. The summed E-state index contributed by atoms with van der Waals surface area (Å²) in [6.07, 6.45) is 24.5. The zero-order chi connectivity index (χ0) is 25.3. The van der Waals surface area contributed by atoms with Gasteiger partial charge in [0.25, 0.3) is 0 Å². The summed E-state index contributed by atoms with van der Waals surface area (Å²) in [6.45, 7) is 3.86. The molecule has 6 nitrogen and oxygen atoms in total. The van der Waals surface area contributed by atoms with Gasteiger partial charge in [-0.3, -0.25) is 14.4 Å². The average Bonchev–Trinajstić information content (AvgIpc) is 2.79. The number of carbonyl (C=O) groups is 3. The molecule has 0 rings (SSSR count). The topological polar surface area (TPSA) is 92.7 Å². The van der Waals surface area contributed by atoms with Crippen molar-refractivity contribution in [1.82, 2.24) is 5.32 Å². The van der Waals surface area contributed by atoms with Gasteiger partial charge in [-0.15, -0.1) is 0 Å². The van der Waals surface area contributed by atoms with E-state index in [0.717, 1.165) is 26.2 Å². The Hall–Kier alpha value is -1.43. The largest absolute Gasteiger partial charge is 0.393 e. The van der Waals surface area contributed by atoms with Crippen molar-refractivity contribution in [1.29, 1.82) is 0 Å². The summed E-state index contributed by atoms with van der Waals surface area (Å²) in [5.41, 5.74) is 0. The van der Waals surface area contributed by atoms with E-state index >= 15 is 0 Å². The zero-order valence-corrected chi connectivity index (χ0v) is 22.2. The van der Waals surface area contributed by atoms with Crippen molar-refractivity contribution in [3.63, 3.8) is 0 Å². The minimum absolute atomic E-state index is 0.483. The molecular formula is C28H53NO5. The highest BCUT2D eigenvalue weighted by Crippen LogP contribution is 2.14. The van der Waals surface area contributed by atoms with Crippen molar-refractivity contribution in [3.8, 4) is 0 Å². The smallest absolute Gasteiger partial charge is 0.316 e. The molecule has 1 amide bonds. The van der Waals surface area contributed by atoms with E-state index in [2.05, 4.69) is 17.0 Å². The standard InChI is InChI=1S/C28H53NO5/c1-3-4-5-6-7-8-9-10-11-12-13-14-15-16-17-18-19-20-21-22-23-29-28(33)26(31)24-27(32)34-25(2)30/h26,31H,3-24H2,1-2H3,(H,29,33). The molecule has 0 spiro atoms. The number of ether oxygens (including phenoxy) is 1. The van der Waals surface area contributed by atoms with Crippen LogP contribution in [-0.4, -0.2) is 35.6 Å². The van der Waals surface area contributed by atoms with Gasteiger partial charge in [0.15, 0.2) is 0 Å². The van der Waals surface area contributed by atoms with Crippen LogP contribution in [0, 0.1) is 0 Å². The first-order valence-electron chi connectivity index (χ1n) is 14.1. The van der Waals surface area contributed by atoms with Crippen molar-refractivity contribution >= 4 is 17.8 Å². The molecule has 200 valence electrons. The van der Waals surface area contributed by atoms with E-state index in [1.54, 1.807) is 0 Å². The number of unbranched alkanes of at least 4 members (excludes halogenated alkanes) is 19. The Morgan fingerprint density at radius 2 is 1.00 bits per heavy atom. The third-order valence-corrected chi connectivity index (χ3v) is 6.25. The predicted molar refractivity (Wildman–Crippen MR) is 138 cm³/mol. The molecule has 0 aromatic heterocycles. The van der Waals surface area contributed by atoms with Crippen LogP contribution in [0.4, 0.5) is 0 Å². The average molecular weight is 484 g/mol. The summed E-state index contributed by atoms with van der Waals surface area (Å²) < 4.78 is 4.30. The number of rotatable bonds is 24. The van der Waals surface area contributed by atoms with Crippen LogP contribution in [0.15, 0.2) is 0 Å². The van der Waals surface area contributed by atoms with Gasteiger partial charge in [0, 0.05) is 13.5 Å². The monoisotopic (exact) mass is 483 g/mol. The van der Waals surface area contributed by atoms with Crippen molar-refractivity contribution in [2.24, 2.45) is 0 Å². The first-order valence-corrected chi connectivity index (χ1v) is 14.1. The highest BCUT2D eigenvalue weighted by Gasteiger charge is 2.20. The van der Waals surface area contributed by atoms with Gasteiger partial charge in [0.1, 0.15) is 6.10 Å². The minimum atomic E-state index is -1.48. The second kappa shape index (κ2) is 24.7. The summed E-state index contributed by atoms with van der Waals surface area (Å²) in [4.78, 5) is 33.6. The number of aliphatic hydroxyl groups is 1. The molecule has 0 aliphatic rings. The molecule has 6 heteroatoms. The van der Waals surface area contributed by atoms with Gasteiger partial charge in [0.2, 0.25) is 5.91 Å². The molecule has 0 aromatic carbocycles. The van der Waals surface area contributed by atoms with E-state index in [1.807, 2.05) is 0 Å². The quantitative estimate of drug-likeness (QED) is 0.0898. The third kappa shape index (κ3) is 23.7. The van der Waals surface area contributed by atoms with Crippen LogP contribution in [0.25, 0.3) is 0 Å². The molecule has 0 saturated carbocycles. The van der Waals surface area contributed by atoms with Crippen LogP contribution >= 0.6 is 0 Å². The van der Waals surface area contributed by atoms with Crippen LogP contribution < -0.4 is 5.32 Å². The molecule has 0 aliphatic carbocycles. The van der Waals surface area contributed by atoms with Crippen LogP contribution in [0.5, 0.6) is 0 Å². The second-order valence-corrected chi connectivity index (χ2v) is 9.69. The molecular weight excluding hydrogens is 430 g/mol. The van der Waals surface area contributed by atoms with E-state index < -0.39 is 30.4 Å². The summed E-state index contributed by atoms with van der Waals surface area (Å²) in [5.74, 6) is -2.24. The SMILES string of the molecule is CCCCCCCCCCCCCCCCCCCCCCNC(=O)C(O)CC(=O)OC(C)=O. The molecule has 1 atom stereocenters. The summed E-state index contributed by atoms with van der Waals surface area (Å²) in [7, 11) is 0. The van der Waals surface area contributed by atoms with Crippen LogP contribution in [0.1, 0.15) is 149 Å². The first kappa shape index (κ1) is 32.6. The molecule has 0 fully saturated rings. The zero-order valence-electron chi connectivity index (χ0n) is 22.2. The number of hydrogen-bond acceptors (Lipinski definition) is 5. The molecule has 0 aromatic rings. The maximum atomic E-state index is 11.7. The number of amides is 1. The Morgan fingerprint density at radius 3 is 1.35 bits per heavy atom. The fraction of sp³-hybridized carbons (Fsp3) is 0.893. The number of carbonyl (C=O) groups excluding carboxylic acids is 3. The van der Waals surface area contributed by atoms with Gasteiger partial charge >= 0.3 is 11.9 Å². The van der Waals surface area contributed by atoms with Gasteiger partial charge in [0.05, 0.1) is 6.42 Å². The lowest BCUT2D eigenvalue weighted by molar-refractivity contribution is -0.160. The maximum Gasteiger partial charge on any atom is 0.316 e. The van der Waals surface area contributed by atoms with E-state index in [1.165, 1.54) is 109 Å². The summed E-state index contributed by atoms with van der Waals surface area (Å²) in [5, 5.41) is 12.3. The van der Waals surface area contributed by atoms with Gasteiger partial charge in [-0.1, -0.05) is 129 Å². The molecule has 1 unspecified atom stereocenters. The first-order chi connectivity index (χ1) is 16.5. The lowest BCUT2D eigenvalue weighted by Crippen LogP contribution is -2.36. The Morgan fingerprint density at radius 1 is 0.647 bits per heavy atom. The van der Waals surface area contributed by atoms with Crippen molar-refractivity contribution < 1.29 is 24.2 Å². The molecule has 0 bridgehead atoms. The van der Waals surface area contributed by atoms with Gasteiger partial charge in [-0.05, 0) is 6.42 Å². The fourth-order valence-corrected chi connectivity index (χ4v) is 4.16. The summed E-state index contributed by atoms with van der Waals surface area (Å²) in [6, 6.07) is 0. The lowest BCUT2D eigenvalue weighted by atomic mass is 10.0. The Bertz CT molecular complexity index is 509. The fourth-order valence-electron chi connectivity index (χ4n) is 4.16. The maximum absolute atomic E-state index is 11.7. The van der Waals surface area contributed by atoms with Gasteiger partial charge < -0.3 is 15.2 Å². The highest BCUT2D eigenvalue weighted by molar-refractivity contribution is 5.89. The third-order valence-electron chi connectivity index (χ3n) is 6.25. The number of nitrogens with one attached hydrogen (secondary N) is 1. The number of aliphatic hydroxyl groups excluding tert-OH is 1. The van der Waals surface area contributed by atoms with E-state index in [4.69, 9.17) is 0 Å². The van der Waals surface area contributed by atoms with Crippen molar-refractivity contribution in [2.45, 2.75) is 155 Å². The number of esters is 2. The van der Waals surface area contributed by atoms with Crippen LogP contribution in [-0.2, 0) is 19.1 Å². The Labute approximate surface area is 209 Å². The van der Waals surface area contributed by atoms with Crippen molar-refractivity contribution in [2.75, 3.05) is 6.54 Å². The Balaban J connectivity index is 3.27. The predicted octanol–water partition coefficient (Wildman–Crippen LogP) is 6.77. The minimum Gasteiger partial charge on any atom is -0.393 e. The van der Waals surface area contributed by atoms with E-state index in [0.29, 0.717) is 6.54 Å². The highest BCUT2D eigenvalue weighted by atomic mass is 16.6. The second-order valence-electron chi connectivity index (χ2n) is 9.69. The molecule has 0 radical (unpaired) electrons. The molecule has 0 heterocycles. The van der Waals surface area contributed by atoms with E-state index in [-0.39, 0.29) is 0 Å². The Kier molecular flexibility index (Phi) is 23.6. The van der Waals surface area contributed by atoms with E-state index in [9.17, 15) is 19.5 Å². The summed E-state index contributed by atoms with van der Waals surface area (Å²) >= 11 is 0. The van der Waals surface area contributed by atoms with Crippen LogP contribution in [0.3, 0.4) is 0 Å².